The first-order valence-electron chi connectivity index (χ1n) is 16.0. The summed E-state index contributed by atoms with van der Waals surface area (Å²) in [6.07, 6.45) is 8.24. The number of rotatable bonds is 6. The molecule has 240 valence electrons. The zero-order valence-electron chi connectivity index (χ0n) is 25.7. The third-order valence-electron chi connectivity index (χ3n) is 9.37. The minimum atomic E-state index is -0.0577. The Morgan fingerprint density at radius 1 is 0.696 bits per heavy atom. The van der Waals surface area contributed by atoms with Crippen LogP contribution in [0.2, 0.25) is 0 Å². The molecule has 0 saturated carbocycles. The molecule has 2 amide bonds. The highest BCUT2D eigenvalue weighted by molar-refractivity contribution is 7.17. The van der Waals surface area contributed by atoms with E-state index in [4.69, 9.17) is 11.5 Å². The molecule has 4 bridgehead atoms. The first-order valence-corrected chi connectivity index (χ1v) is 17.7. The molecule has 2 aromatic carbocycles. The summed E-state index contributed by atoms with van der Waals surface area (Å²) < 4.78 is 0. The van der Waals surface area contributed by atoms with Crippen molar-refractivity contribution in [1.29, 1.82) is 0 Å². The minimum absolute atomic E-state index is 0.0517. The van der Waals surface area contributed by atoms with E-state index in [1.807, 2.05) is 48.5 Å². The second-order valence-electron chi connectivity index (χ2n) is 12.9. The number of nitrogens with one attached hydrogen (secondary N) is 2. The third-order valence-corrected chi connectivity index (χ3v) is 11.5. The van der Waals surface area contributed by atoms with Crippen molar-refractivity contribution in [2.45, 2.75) is 37.8 Å². The summed E-state index contributed by atoms with van der Waals surface area (Å²) in [6.45, 7) is 6.69. The Bertz CT molecular complexity index is 1660. The number of aromatic nitrogens is 2. The van der Waals surface area contributed by atoms with Crippen LogP contribution >= 0.6 is 22.7 Å². The first-order chi connectivity index (χ1) is 22.3. The fourth-order valence-electron chi connectivity index (χ4n) is 7.19. The van der Waals surface area contributed by atoms with Gasteiger partial charge in [0.1, 0.15) is 0 Å². The van der Waals surface area contributed by atoms with Crippen molar-refractivity contribution in [2.24, 2.45) is 11.8 Å². The average Bonchev–Trinajstić information content (AvgIpc) is 3.86. The number of nitrogens with zero attached hydrogens (tertiary/aromatic N) is 4. The van der Waals surface area contributed by atoms with Crippen molar-refractivity contribution in [3.63, 3.8) is 0 Å². The Morgan fingerprint density at radius 2 is 1.24 bits per heavy atom. The van der Waals surface area contributed by atoms with Gasteiger partial charge in [0.05, 0.1) is 9.75 Å². The van der Waals surface area contributed by atoms with Gasteiger partial charge in [-0.3, -0.25) is 9.59 Å². The van der Waals surface area contributed by atoms with Crippen molar-refractivity contribution >= 4 is 45.9 Å². The summed E-state index contributed by atoms with van der Waals surface area (Å²) in [6, 6.07) is 15.8. The van der Waals surface area contributed by atoms with E-state index in [9.17, 15) is 9.59 Å². The maximum Gasteiger partial charge on any atom is 0.280 e. The van der Waals surface area contributed by atoms with Crippen LogP contribution in [0.15, 0.2) is 60.9 Å². The van der Waals surface area contributed by atoms with Crippen LogP contribution in [0.1, 0.15) is 45.3 Å². The summed E-state index contributed by atoms with van der Waals surface area (Å²) in [5, 5.41) is 7.37. The number of fused-ring (bicyclic) bond motifs is 4. The second kappa shape index (κ2) is 13.5. The number of hydrogen-bond donors (Lipinski definition) is 4. The van der Waals surface area contributed by atoms with Crippen LogP contribution in [0, 0.1) is 11.8 Å². The maximum absolute atomic E-state index is 12.5. The van der Waals surface area contributed by atoms with Gasteiger partial charge in [-0.1, -0.05) is 24.3 Å². The van der Waals surface area contributed by atoms with Gasteiger partial charge in [0.15, 0.2) is 10.0 Å². The van der Waals surface area contributed by atoms with E-state index in [1.54, 1.807) is 12.4 Å². The summed E-state index contributed by atoms with van der Waals surface area (Å²) in [7, 11) is 0. The quantitative estimate of drug-likeness (QED) is 0.223. The van der Waals surface area contributed by atoms with Gasteiger partial charge in [0.25, 0.3) is 11.8 Å². The van der Waals surface area contributed by atoms with E-state index in [1.165, 1.54) is 61.7 Å². The van der Waals surface area contributed by atoms with Gasteiger partial charge in [-0.2, -0.15) is 0 Å². The van der Waals surface area contributed by atoms with Crippen molar-refractivity contribution in [3.8, 4) is 20.9 Å². The van der Waals surface area contributed by atoms with Crippen molar-refractivity contribution in [3.05, 3.63) is 70.9 Å². The molecule has 4 aromatic rings. The Hall–Kier alpha value is -3.84. The molecule has 6 N–H and O–H groups in total. The van der Waals surface area contributed by atoms with Gasteiger partial charge in [-0.25, -0.2) is 9.97 Å². The number of carbonyl (C=O) groups excluding carboxylic acids is 2. The van der Waals surface area contributed by atoms with Crippen LogP contribution in [0.5, 0.6) is 0 Å². The Kier molecular flexibility index (Phi) is 9.03. The summed E-state index contributed by atoms with van der Waals surface area (Å²) >= 11 is 2.84. The number of thiazole rings is 2. The average molecular weight is 657 g/mol. The van der Waals surface area contributed by atoms with Crippen molar-refractivity contribution < 1.29 is 9.59 Å². The Morgan fingerprint density at radius 3 is 1.76 bits per heavy atom. The van der Waals surface area contributed by atoms with E-state index in [0.29, 0.717) is 15.7 Å². The number of anilines is 2. The molecule has 10 nitrogen and oxygen atoms in total. The Balaban J connectivity index is 0.000000147. The summed E-state index contributed by atoms with van der Waals surface area (Å²) in [5.74, 6) is 1.38. The molecule has 2 unspecified atom stereocenters. The number of carbonyl (C=O) groups is 2. The molecule has 4 fully saturated rings. The van der Waals surface area contributed by atoms with Crippen LogP contribution in [-0.4, -0.2) is 82.9 Å². The molecule has 8 rings (SSSR count). The molecule has 0 radical (unpaired) electrons. The van der Waals surface area contributed by atoms with Gasteiger partial charge in [0, 0.05) is 62.0 Å². The predicted octanol–water partition coefficient (Wildman–Crippen LogP) is 4.43. The molecule has 0 spiro atoms. The molecule has 6 atom stereocenters. The number of benzene rings is 2. The van der Waals surface area contributed by atoms with Crippen LogP contribution < -0.4 is 22.1 Å². The summed E-state index contributed by atoms with van der Waals surface area (Å²) in [5.41, 5.74) is 15.0. The number of nitrogens with two attached hydrogens (primary N) is 2. The lowest BCUT2D eigenvalue weighted by molar-refractivity contribution is 0.0900. The van der Waals surface area contributed by atoms with Crippen molar-refractivity contribution in [2.75, 3.05) is 50.7 Å². The molecule has 4 aliphatic heterocycles. The first kappa shape index (κ1) is 30.8. The highest BCUT2D eigenvalue weighted by Crippen LogP contribution is 2.31. The van der Waals surface area contributed by atoms with E-state index < -0.39 is 0 Å². The molecule has 4 saturated heterocycles. The van der Waals surface area contributed by atoms with E-state index >= 15 is 0 Å². The van der Waals surface area contributed by atoms with E-state index in [2.05, 4.69) is 30.4 Å². The molecule has 0 aliphatic carbocycles. The van der Waals surface area contributed by atoms with Gasteiger partial charge in [-0.05, 0) is 86.0 Å². The van der Waals surface area contributed by atoms with Crippen LogP contribution in [-0.2, 0) is 0 Å². The number of piperidine rings is 2. The largest absolute Gasteiger partial charge is 0.399 e. The zero-order chi connectivity index (χ0) is 31.6. The molecule has 46 heavy (non-hydrogen) atoms. The van der Waals surface area contributed by atoms with Crippen LogP contribution in [0.3, 0.4) is 0 Å². The Labute approximate surface area is 277 Å². The fourth-order valence-corrected chi connectivity index (χ4v) is 8.83. The van der Waals surface area contributed by atoms with E-state index in [0.717, 1.165) is 64.3 Å². The lowest BCUT2D eigenvalue weighted by atomic mass is 9.97. The lowest BCUT2D eigenvalue weighted by Gasteiger charge is -2.30. The van der Waals surface area contributed by atoms with Gasteiger partial charge in [-0.15, -0.1) is 22.7 Å². The number of amides is 2. The minimum Gasteiger partial charge on any atom is -0.399 e. The standard InChI is InChI=1S/2C17H20N4OS/c18-13-3-1-12(2-4-13)15-8-19-17(23-15)16(22)20-14-7-11-5-6-21(9-11)10-14;18-13-3-1-2-12(7-13)15-8-19-17(23-15)16(22)20-14-6-11-4-5-21(9-11)10-14/h1-4,8,11,14H,5-7,9-10,18H2,(H,20,22);1-3,7-8,11,14H,4-6,9-10,18H2,(H,20,22)/t2*11-,14-/m11/s1. The molecular weight excluding hydrogens is 617 g/mol. The van der Waals surface area contributed by atoms with Gasteiger partial charge < -0.3 is 31.9 Å². The second-order valence-corrected chi connectivity index (χ2v) is 15.0. The number of nitrogen functional groups attached to an aromatic ring is 2. The predicted molar refractivity (Wildman–Crippen MR) is 185 cm³/mol. The fraction of sp³-hybridized carbons (Fsp3) is 0.412. The smallest absolute Gasteiger partial charge is 0.280 e. The molecular formula is C34H40N8O2S2. The topological polar surface area (TPSA) is 142 Å². The zero-order valence-corrected chi connectivity index (χ0v) is 27.4. The van der Waals surface area contributed by atoms with Crippen LogP contribution in [0.25, 0.3) is 20.9 Å². The monoisotopic (exact) mass is 656 g/mol. The van der Waals surface area contributed by atoms with Gasteiger partial charge >= 0.3 is 0 Å². The maximum atomic E-state index is 12.5. The van der Waals surface area contributed by atoms with Crippen LogP contribution in [0.4, 0.5) is 11.4 Å². The normalized spacial score (nSPS) is 26.2. The lowest BCUT2D eigenvalue weighted by Crippen LogP contribution is -2.46. The third kappa shape index (κ3) is 7.25. The molecule has 2 aromatic heterocycles. The number of hydrogen-bond acceptors (Lipinski definition) is 10. The van der Waals surface area contributed by atoms with Crippen molar-refractivity contribution in [1.82, 2.24) is 30.4 Å². The highest BCUT2D eigenvalue weighted by Gasteiger charge is 2.34. The summed E-state index contributed by atoms with van der Waals surface area (Å²) in [4.78, 5) is 40.3. The molecule has 4 aliphatic rings. The SMILES string of the molecule is Nc1ccc(-c2cnc(C(=O)N[C@@H]3C[C@H]4CCN(C4)C3)s2)cc1.Nc1cccc(-c2cnc(C(=O)N[C@@H]3C[C@H]4CCN(C4)C3)s2)c1. The van der Waals surface area contributed by atoms with E-state index in [-0.39, 0.29) is 23.9 Å². The van der Waals surface area contributed by atoms with Gasteiger partial charge in [0.2, 0.25) is 0 Å². The molecule has 6 heterocycles. The highest BCUT2D eigenvalue weighted by atomic mass is 32.1. The molecule has 12 heteroatoms.